The first-order valence-electron chi connectivity index (χ1n) is 8.22. The topological polar surface area (TPSA) is 55.3 Å². The van der Waals surface area contributed by atoms with Gasteiger partial charge in [-0.15, -0.1) is 0 Å². The number of piperidine rings is 1. The fourth-order valence-electron chi connectivity index (χ4n) is 4.66. The van der Waals surface area contributed by atoms with Crippen LogP contribution in [0.1, 0.15) is 47.0 Å². The van der Waals surface area contributed by atoms with Crippen LogP contribution >= 0.6 is 0 Å². The van der Waals surface area contributed by atoms with E-state index in [0.29, 0.717) is 11.8 Å². The van der Waals surface area contributed by atoms with Crippen LogP contribution in [0.4, 0.5) is 0 Å². The van der Waals surface area contributed by atoms with Gasteiger partial charge in [0.1, 0.15) is 0 Å². The highest BCUT2D eigenvalue weighted by Crippen LogP contribution is 2.52. The molecule has 3 heteroatoms. The second kappa shape index (κ2) is 5.69. The molecule has 1 saturated heterocycles. The summed E-state index contributed by atoms with van der Waals surface area (Å²) < 4.78 is 0. The summed E-state index contributed by atoms with van der Waals surface area (Å²) in [6.45, 7) is 13.2. The van der Waals surface area contributed by atoms with Crippen molar-refractivity contribution in [1.29, 1.82) is 0 Å². The van der Waals surface area contributed by atoms with Crippen molar-refractivity contribution in [3.8, 4) is 0 Å². The molecule has 2 unspecified atom stereocenters. The Morgan fingerprint density at radius 2 is 1.65 bits per heavy atom. The summed E-state index contributed by atoms with van der Waals surface area (Å²) in [4.78, 5) is 2.59. The number of hydrogen-bond donors (Lipinski definition) is 2. The Hall–Kier alpha value is -0.540. The fourth-order valence-corrected chi connectivity index (χ4v) is 4.66. The van der Waals surface area contributed by atoms with E-state index in [9.17, 15) is 0 Å². The first-order valence-corrected chi connectivity index (χ1v) is 8.22. The van der Waals surface area contributed by atoms with Crippen molar-refractivity contribution in [2.75, 3.05) is 26.2 Å². The van der Waals surface area contributed by atoms with E-state index in [1.165, 1.54) is 38.0 Å². The van der Waals surface area contributed by atoms with Gasteiger partial charge in [-0.05, 0) is 42.6 Å². The maximum absolute atomic E-state index is 6.17. The van der Waals surface area contributed by atoms with Crippen molar-refractivity contribution in [2.45, 2.75) is 47.0 Å². The SMILES string of the molecule is CC1(C)C=C(N2CCCCC2)C(CN)C(C)(C)C1CN. The lowest BCUT2D eigenvalue weighted by Crippen LogP contribution is -2.53. The average molecular weight is 279 g/mol. The van der Waals surface area contributed by atoms with Gasteiger partial charge >= 0.3 is 0 Å². The molecule has 1 fully saturated rings. The van der Waals surface area contributed by atoms with Crippen LogP contribution in [0.25, 0.3) is 0 Å². The van der Waals surface area contributed by atoms with Crippen molar-refractivity contribution >= 4 is 0 Å². The van der Waals surface area contributed by atoms with E-state index in [0.717, 1.165) is 13.1 Å². The maximum atomic E-state index is 6.17. The summed E-state index contributed by atoms with van der Waals surface area (Å²) in [7, 11) is 0. The molecule has 0 bridgehead atoms. The van der Waals surface area contributed by atoms with E-state index in [4.69, 9.17) is 11.5 Å². The highest BCUT2D eigenvalue weighted by molar-refractivity contribution is 5.22. The minimum atomic E-state index is 0.150. The zero-order valence-corrected chi connectivity index (χ0v) is 13.8. The summed E-state index contributed by atoms with van der Waals surface area (Å²) in [6.07, 6.45) is 6.49. The van der Waals surface area contributed by atoms with Crippen LogP contribution in [-0.4, -0.2) is 31.1 Å². The Morgan fingerprint density at radius 3 is 2.15 bits per heavy atom. The minimum Gasteiger partial charge on any atom is -0.375 e. The molecule has 0 aromatic heterocycles. The Balaban J connectivity index is 2.40. The number of hydrogen-bond acceptors (Lipinski definition) is 3. The van der Waals surface area contributed by atoms with Crippen LogP contribution in [0.15, 0.2) is 11.8 Å². The number of nitrogens with two attached hydrogens (primary N) is 2. The number of rotatable bonds is 3. The second-order valence-corrected chi connectivity index (χ2v) is 7.84. The van der Waals surface area contributed by atoms with Crippen LogP contribution in [-0.2, 0) is 0 Å². The molecule has 0 radical (unpaired) electrons. The molecule has 0 saturated carbocycles. The van der Waals surface area contributed by atoms with Gasteiger partial charge in [0.25, 0.3) is 0 Å². The molecular weight excluding hydrogens is 246 g/mol. The summed E-state index contributed by atoms with van der Waals surface area (Å²) >= 11 is 0. The summed E-state index contributed by atoms with van der Waals surface area (Å²) in [6, 6.07) is 0. The fraction of sp³-hybridized carbons (Fsp3) is 0.882. The van der Waals surface area contributed by atoms with E-state index in [1.54, 1.807) is 0 Å². The van der Waals surface area contributed by atoms with Crippen molar-refractivity contribution in [3.63, 3.8) is 0 Å². The van der Waals surface area contributed by atoms with Crippen LogP contribution in [0.5, 0.6) is 0 Å². The summed E-state index contributed by atoms with van der Waals surface area (Å²) in [5.41, 5.74) is 14.1. The molecule has 2 atom stereocenters. The highest BCUT2D eigenvalue weighted by atomic mass is 15.1. The predicted molar refractivity (Wildman–Crippen MR) is 86.2 cm³/mol. The van der Waals surface area contributed by atoms with Gasteiger partial charge in [-0.25, -0.2) is 0 Å². The highest BCUT2D eigenvalue weighted by Gasteiger charge is 2.49. The largest absolute Gasteiger partial charge is 0.375 e. The van der Waals surface area contributed by atoms with Gasteiger partial charge in [-0.1, -0.05) is 33.8 Å². The van der Waals surface area contributed by atoms with Crippen molar-refractivity contribution < 1.29 is 0 Å². The molecule has 2 rings (SSSR count). The van der Waals surface area contributed by atoms with Gasteiger partial charge in [-0.2, -0.15) is 0 Å². The second-order valence-electron chi connectivity index (χ2n) is 7.84. The summed E-state index contributed by atoms with van der Waals surface area (Å²) in [5, 5.41) is 0. The van der Waals surface area contributed by atoms with E-state index < -0.39 is 0 Å². The Morgan fingerprint density at radius 1 is 1.05 bits per heavy atom. The minimum absolute atomic E-state index is 0.150. The van der Waals surface area contributed by atoms with Gasteiger partial charge in [0, 0.05) is 31.2 Å². The monoisotopic (exact) mass is 279 g/mol. The van der Waals surface area contributed by atoms with Gasteiger partial charge in [0.2, 0.25) is 0 Å². The zero-order valence-electron chi connectivity index (χ0n) is 13.8. The van der Waals surface area contributed by atoms with E-state index >= 15 is 0 Å². The molecule has 0 amide bonds. The van der Waals surface area contributed by atoms with E-state index in [2.05, 4.69) is 38.7 Å². The lowest BCUT2D eigenvalue weighted by molar-refractivity contribution is 0.0315. The summed E-state index contributed by atoms with van der Waals surface area (Å²) in [5.74, 6) is 0.916. The molecule has 20 heavy (non-hydrogen) atoms. The zero-order chi connectivity index (χ0) is 15.0. The van der Waals surface area contributed by atoms with Gasteiger partial charge < -0.3 is 16.4 Å². The van der Waals surface area contributed by atoms with Crippen LogP contribution in [0.2, 0.25) is 0 Å². The van der Waals surface area contributed by atoms with E-state index in [1.807, 2.05) is 0 Å². The average Bonchev–Trinajstić information content (AvgIpc) is 2.38. The number of nitrogens with zero attached hydrogens (tertiary/aromatic N) is 1. The molecule has 0 aromatic rings. The molecule has 0 aromatic carbocycles. The van der Waals surface area contributed by atoms with Crippen LogP contribution in [0.3, 0.4) is 0 Å². The molecule has 3 nitrogen and oxygen atoms in total. The number of allylic oxidation sites excluding steroid dienone is 1. The maximum Gasteiger partial charge on any atom is 0.0175 e. The van der Waals surface area contributed by atoms with Crippen molar-refractivity contribution in [3.05, 3.63) is 11.8 Å². The Kier molecular flexibility index (Phi) is 4.50. The molecule has 1 aliphatic carbocycles. The molecule has 0 spiro atoms. The van der Waals surface area contributed by atoms with Crippen LogP contribution in [0, 0.1) is 22.7 Å². The smallest absolute Gasteiger partial charge is 0.0175 e. The van der Waals surface area contributed by atoms with Gasteiger partial charge in [0.15, 0.2) is 0 Å². The third-order valence-corrected chi connectivity index (χ3v) is 5.76. The van der Waals surface area contributed by atoms with Gasteiger partial charge in [-0.3, -0.25) is 0 Å². The first-order chi connectivity index (χ1) is 9.34. The Bertz CT molecular complexity index is 364. The van der Waals surface area contributed by atoms with Crippen molar-refractivity contribution in [1.82, 2.24) is 4.90 Å². The standard InChI is InChI=1S/C17H33N3/c1-16(2)10-14(20-8-6-5-7-9-20)13(11-18)17(3,4)15(16)12-19/h10,13,15H,5-9,11-12,18-19H2,1-4H3. The molecule has 2 aliphatic rings. The Labute approximate surface area is 124 Å². The molecular formula is C17H33N3. The van der Waals surface area contributed by atoms with E-state index in [-0.39, 0.29) is 10.8 Å². The lowest BCUT2D eigenvalue weighted by Gasteiger charge is -2.54. The quantitative estimate of drug-likeness (QED) is 0.835. The van der Waals surface area contributed by atoms with Crippen molar-refractivity contribution in [2.24, 2.45) is 34.1 Å². The predicted octanol–water partition coefficient (Wildman–Crippen LogP) is 2.57. The first kappa shape index (κ1) is 15.8. The molecule has 4 N–H and O–H groups in total. The van der Waals surface area contributed by atoms with Gasteiger partial charge in [0.05, 0.1) is 0 Å². The lowest BCUT2D eigenvalue weighted by atomic mass is 9.55. The molecule has 1 heterocycles. The third kappa shape index (κ3) is 2.62. The molecule has 116 valence electrons. The normalized spacial score (nSPS) is 32.9. The van der Waals surface area contributed by atoms with Crippen LogP contribution < -0.4 is 11.5 Å². The third-order valence-electron chi connectivity index (χ3n) is 5.76. The number of likely N-dealkylation sites (tertiary alicyclic amines) is 1. The molecule has 1 aliphatic heterocycles.